The molecule has 0 saturated heterocycles. The van der Waals surface area contributed by atoms with Crippen LogP contribution in [-0.4, -0.2) is 18.6 Å². The summed E-state index contributed by atoms with van der Waals surface area (Å²) >= 11 is 3.49. The molecule has 1 aromatic carbocycles. The van der Waals surface area contributed by atoms with Gasteiger partial charge in [-0.05, 0) is 47.8 Å². The zero-order chi connectivity index (χ0) is 15.0. The van der Waals surface area contributed by atoms with Gasteiger partial charge in [0.25, 0.3) is 0 Å². The lowest BCUT2D eigenvalue weighted by atomic mass is 9.99. The first-order chi connectivity index (χ1) is 10.2. The predicted molar refractivity (Wildman–Crippen MR) is 84.1 cm³/mol. The number of anilines is 1. The van der Waals surface area contributed by atoms with Gasteiger partial charge >= 0.3 is 5.97 Å². The van der Waals surface area contributed by atoms with E-state index in [2.05, 4.69) is 22.5 Å². The monoisotopic (exact) mass is 349 g/mol. The minimum atomic E-state index is -0.302. The number of nitrogens with zero attached hydrogens (tertiary/aromatic N) is 1. The summed E-state index contributed by atoms with van der Waals surface area (Å²) in [6.45, 7) is 6.06. The lowest BCUT2D eigenvalue weighted by molar-refractivity contribution is -0.139. The van der Waals surface area contributed by atoms with Crippen molar-refractivity contribution in [1.82, 2.24) is 0 Å². The lowest BCUT2D eigenvalue weighted by Crippen LogP contribution is -2.37. The number of hydrogen-bond donors (Lipinski definition) is 0. The maximum absolute atomic E-state index is 12.1. The third-order valence-corrected chi connectivity index (χ3v) is 4.32. The highest BCUT2D eigenvalue weighted by atomic mass is 79.9. The molecule has 0 spiro atoms. The highest BCUT2D eigenvalue weighted by molar-refractivity contribution is 9.10. The Labute approximate surface area is 132 Å². The Morgan fingerprint density at radius 2 is 2.43 bits per heavy atom. The molecule has 0 aliphatic carbocycles. The molecule has 110 valence electrons. The van der Waals surface area contributed by atoms with Gasteiger partial charge in [0.1, 0.15) is 0 Å². The standard InChI is InChI=1S/C16H16BrNO3/c1-3-10-8-9-11(16(19)20-4-2)15-18(10)13-7-5-6-12(17)14(13)21-15/h3,5-7,10H,1,4,8-9H2,2H3/t10-/m0/s1. The molecular formula is C16H16BrNO3. The minimum absolute atomic E-state index is 0.119. The number of benzene rings is 1. The number of hydrogen-bond acceptors (Lipinski definition) is 4. The first-order valence-electron chi connectivity index (χ1n) is 6.95. The van der Waals surface area contributed by atoms with Crippen molar-refractivity contribution in [2.45, 2.75) is 25.8 Å². The predicted octanol–water partition coefficient (Wildman–Crippen LogP) is 3.77. The Morgan fingerprint density at radius 3 is 3.14 bits per heavy atom. The van der Waals surface area contributed by atoms with Crippen LogP contribution in [0.5, 0.6) is 5.75 Å². The molecule has 4 nitrogen and oxygen atoms in total. The van der Waals surface area contributed by atoms with Crippen molar-refractivity contribution >= 4 is 27.6 Å². The molecule has 1 aromatic rings. The second kappa shape index (κ2) is 5.56. The molecule has 3 rings (SSSR count). The van der Waals surface area contributed by atoms with Gasteiger partial charge in [-0.1, -0.05) is 12.1 Å². The number of halogens is 1. The molecule has 2 heterocycles. The zero-order valence-electron chi connectivity index (χ0n) is 11.8. The fraction of sp³-hybridized carbons (Fsp3) is 0.312. The molecule has 0 aromatic heterocycles. The van der Waals surface area contributed by atoms with Crippen LogP contribution >= 0.6 is 15.9 Å². The number of ether oxygens (including phenoxy) is 2. The molecular weight excluding hydrogens is 334 g/mol. The van der Waals surface area contributed by atoms with Gasteiger partial charge in [0.05, 0.1) is 28.4 Å². The van der Waals surface area contributed by atoms with Crippen LogP contribution in [0.2, 0.25) is 0 Å². The highest BCUT2D eigenvalue weighted by Crippen LogP contribution is 2.48. The summed E-state index contributed by atoms with van der Waals surface area (Å²) in [6.07, 6.45) is 3.34. The Bertz CT molecular complexity index is 638. The number of fused-ring (bicyclic) bond motifs is 3. The first-order valence-corrected chi connectivity index (χ1v) is 7.75. The lowest BCUT2D eigenvalue weighted by Gasteiger charge is -2.32. The van der Waals surface area contributed by atoms with Crippen LogP contribution in [0.1, 0.15) is 19.8 Å². The van der Waals surface area contributed by atoms with Crippen molar-refractivity contribution in [1.29, 1.82) is 0 Å². The van der Waals surface area contributed by atoms with E-state index in [1.807, 2.05) is 29.2 Å². The molecule has 0 N–H and O–H groups in total. The summed E-state index contributed by atoms with van der Waals surface area (Å²) in [6, 6.07) is 5.98. The number of rotatable bonds is 3. The van der Waals surface area contributed by atoms with E-state index < -0.39 is 0 Å². The molecule has 2 aliphatic heterocycles. The fourth-order valence-corrected chi connectivity index (χ4v) is 3.18. The Hall–Kier alpha value is -1.75. The van der Waals surface area contributed by atoms with Crippen molar-refractivity contribution in [2.24, 2.45) is 0 Å². The van der Waals surface area contributed by atoms with Gasteiger partial charge in [0.15, 0.2) is 5.75 Å². The van der Waals surface area contributed by atoms with E-state index >= 15 is 0 Å². The van der Waals surface area contributed by atoms with E-state index in [9.17, 15) is 4.79 Å². The molecule has 0 saturated carbocycles. The van der Waals surface area contributed by atoms with Crippen LogP contribution in [0.3, 0.4) is 0 Å². The van der Waals surface area contributed by atoms with Gasteiger partial charge in [-0.3, -0.25) is 0 Å². The van der Waals surface area contributed by atoms with Crippen LogP contribution in [0, 0.1) is 0 Å². The largest absolute Gasteiger partial charge is 0.462 e. The second-order valence-electron chi connectivity index (χ2n) is 4.91. The summed E-state index contributed by atoms with van der Waals surface area (Å²) in [7, 11) is 0. The van der Waals surface area contributed by atoms with Crippen molar-refractivity contribution in [2.75, 3.05) is 11.5 Å². The van der Waals surface area contributed by atoms with Crippen molar-refractivity contribution in [3.63, 3.8) is 0 Å². The summed E-state index contributed by atoms with van der Waals surface area (Å²) in [4.78, 5) is 14.2. The van der Waals surface area contributed by atoms with Crippen LogP contribution in [-0.2, 0) is 9.53 Å². The van der Waals surface area contributed by atoms with Crippen LogP contribution < -0.4 is 9.64 Å². The van der Waals surface area contributed by atoms with Crippen LogP contribution in [0.15, 0.2) is 46.8 Å². The second-order valence-corrected chi connectivity index (χ2v) is 5.76. The minimum Gasteiger partial charge on any atom is -0.462 e. The van der Waals surface area contributed by atoms with Crippen LogP contribution in [0.4, 0.5) is 5.69 Å². The molecule has 0 bridgehead atoms. The fourth-order valence-electron chi connectivity index (χ4n) is 2.74. The maximum Gasteiger partial charge on any atom is 0.339 e. The SMILES string of the molecule is C=C[C@H]1CCC(C(=O)OCC)=C2Oc3c(Br)cccc3N21. The molecule has 1 atom stereocenters. The Balaban J connectivity index is 2.11. The van der Waals surface area contributed by atoms with E-state index in [1.54, 1.807) is 6.92 Å². The quantitative estimate of drug-likeness (QED) is 0.615. The van der Waals surface area contributed by atoms with Crippen molar-refractivity contribution < 1.29 is 14.3 Å². The molecule has 0 radical (unpaired) electrons. The van der Waals surface area contributed by atoms with Crippen molar-refractivity contribution in [3.8, 4) is 5.75 Å². The van der Waals surface area contributed by atoms with E-state index in [0.717, 1.165) is 22.3 Å². The highest BCUT2D eigenvalue weighted by Gasteiger charge is 2.39. The Morgan fingerprint density at radius 1 is 1.62 bits per heavy atom. The molecule has 0 fully saturated rings. The molecule has 0 amide bonds. The topological polar surface area (TPSA) is 38.8 Å². The van der Waals surface area contributed by atoms with E-state index in [-0.39, 0.29) is 12.0 Å². The first kappa shape index (κ1) is 14.2. The summed E-state index contributed by atoms with van der Waals surface area (Å²) in [5.41, 5.74) is 1.55. The normalized spacial score (nSPS) is 19.7. The van der Waals surface area contributed by atoms with E-state index in [0.29, 0.717) is 24.5 Å². The maximum atomic E-state index is 12.1. The smallest absolute Gasteiger partial charge is 0.339 e. The van der Waals surface area contributed by atoms with E-state index in [4.69, 9.17) is 9.47 Å². The average Bonchev–Trinajstić information content (AvgIpc) is 2.87. The van der Waals surface area contributed by atoms with Gasteiger partial charge in [0.2, 0.25) is 5.88 Å². The molecule has 21 heavy (non-hydrogen) atoms. The summed E-state index contributed by atoms with van der Waals surface area (Å²) < 4.78 is 12.0. The van der Waals surface area contributed by atoms with Gasteiger partial charge in [-0.2, -0.15) is 0 Å². The van der Waals surface area contributed by atoms with Gasteiger partial charge in [0, 0.05) is 0 Å². The number of carbonyl (C=O) groups excluding carboxylic acids is 1. The van der Waals surface area contributed by atoms with Gasteiger partial charge < -0.3 is 14.4 Å². The Kier molecular flexibility index (Phi) is 3.76. The molecule has 0 unspecified atom stereocenters. The van der Waals surface area contributed by atoms with Crippen molar-refractivity contribution in [3.05, 3.63) is 46.8 Å². The van der Waals surface area contributed by atoms with E-state index in [1.165, 1.54) is 0 Å². The van der Waals surface area contributed by atoms with Gasteiger partial charge in [-0.15, -0.1) is 6.58 Å². The summed E-state index contributed by atoms with van der Waals surface area (Å²) in [5, 5.41) is 0. The third kappa shape index (κ3) is 2.25. The summed E-state index contributed by atoms with van der Waals surface area (Å²) in [5.74, 6) is 1.01. The third-order valence-electron chi connectivity index (χ3n) is 3.70. The molecule has 5 heteroatoms. The van der Waals surface area contributed by atoms with Crippen LogP contribution in [0.25, 0.3) is 0 Å². The number of esters is 1. The van der Waals surface area contributed by atoms with Gasteiger partial charge in [-0.25, -0.2) is 4.79 Å². The molecule has 2 aliphatic rings. The number of para-hydroxylation sites is 1. The number of carbonyl (C=O) groups is 1. The average molecular weight is 350 g/mol. The zero-order valence-corrected chi connectivity index (χ0v) is 13.4.